The van der Waals surface area contributed by atoms with Gasteiger partial charge in [-0.1, -0.05) is 45.4 Å². The Morgan fingerprint density at radius 3 is 2.12 bits per heavy atom. The van der Waals surface area contributed by atoms with Crippen molar-refractivity contribution >= 4 is 10.1 Å². The molecule has 0 fully saturated rings. The Kier molecular flexibility index (Phi) is 14.4. The van der Waals surface area contributed by atoms with Crippen molar-refractivity contribution in [2.45, 2.75) is 58.0 Å². The Hall–Kier alpha value is 1.51. The molecule has 0 rings (SSSR count). The van der Waals surface area contributed by atoms with Gasteiger partial charge in [0.1, 0.15) is 0 Å². The van der Waals surface area contributed by atoms with Gasteiger partial charge in [0.05, 0.1) is 22.0 Å². The van der Waals surface area contributed by atoms with Crippen molar-refractivity contribution < 1.29 is 69.5 Å². The molecule has 4 nitrogen and oxygen atoms in total. The molecule has 0 spiro atoms. The number of hydrogen-bond acceptors (Lipinski definition) is 4. The van der Waals surface area contributed by atoms with Gasteiger partial charge in [-0.15, -0.1) is 0 Å². The average molecular weight is 276 g/mol. The second kappa shape index (κ2) is 11.6. The van der Waals surface area contributed by atoms with Gasteiger partial charge in [0, 0.05) is 0 Å². The molecule has 0 aromatic carbocycles. The van der Waals surface area contributed by atoms with Crippen molar-refractivity contribution in [3.63, 3.8) is 0 Å². The monoisotopic (exact) mass is 276 g/mol. The molecule has 92 valence electrons. The third kappa shape index (κ3) is 15.5. The van der Waals surface area contributed by atoms with Crippen LogP contribution in [0.25, 0.3) is 0 Å². The molecular formula is C10H21KO4S. The molecule has 0 radical (unpaired) electrons. The third-order valence-electron chi connectivity index (χ3n) is 2.29. The molecule has 0 aromatic heterocycles. The van der Waals surface area contributed by atoms with Crippen LogP contribution in [0.1, 0.15) is 51.9 Å². The largest absolute Gasteiger partial charge is 1.00 e. The fourth-order valence-corrected chi connectivity index (χ4v) is 2.12. The van der Waals surface area contributed by atoms with E-state index in [-0.39, 0.29) is 51.4 Å². The molecule has 0 saturated heterocycles. The molecule has 1 unspecified atom stereocenters. The van der Waals surface area contributed by atoms with Gasteiger partial charge in [-0.2, -0.15) is 0 Å². The van der Waals surface area contributed by atoms with Crippen LogP contribution in [0.3, 0.4) is 0 Å². The van der Waals surface area contributed by atoms with E-state index in [1.54, 1.807) is 0 Å². The Balaban J connectivity index is 0. The van der Waals surface area contributed by atoms with Gasteiger partial charge in [-0.3, -0.25) is 0 Å². The Bertz CT molecular complexity index is 241. The molecule has 0 aliphatic carbocycles. The van der Waals surface area contributed by atoms with E-state index in [9.17, 15) is 18.1 Å². The van der Waals surface area contributed by atoms with Crippen molar-refractivity contribution in [1.29, 1.82) is 0 Å². The van der Waals surface area contributed by atoms with Crippen LogP contribution in [-0.4, -0.2) is 29.9 Å². The van der Waals surface area contributed by atoms with Crippen LogP contribution in [0, 0.1) is 0 Å². The van der Waals surface area contributed by atoms with Crippen molar-refractivity contribution in [1.82, 2.24) is 0 Å². The maximum absolute atomic E-state index is 10.3. The quantitative estimate of drug-likeness (QED) is 0.321. The maximum Gasteiger partial charge on any atom is 1.00 e. The SMILES string of the molecule is CCCCCCCCC(O)CS(=O)(=O)[O-].[K+]. The van der Waals surface area contributed by atoms with E-state index < -0.39 is 22.0 Å². The van der Waals surface area contributed by atoms with E-state index in [0.717, 1.165) is 19.3 Å². The van der Waals surface area contributed by atoms with Crippen LogP contribution in [0.15, 0.2) is 0 Å². The van der Waals surface area contributed by atoms with E-state index >= 15 is 0 Å². The van der Waals surface area contributed by atoms with Gasteiger partial charge in [-0.05, 0) is 6.42 Å². The summed E-state index contributed by atoms with van der Waals surface area (Å²) in [7, 11) is -4.27. The molecule has 1 N–H and O–H groups in total. The van der Waals surface area contributed by atoms with E-state index in [1.807, 2.05) is 0 Å². The van der Waals surface area contributed by atoms with E-state index in [1.165, 1.54) is 19.3 Å². The molecule has 16 heavy (non-hydrogen) atoms. The van der Waals surface area contributed by atoms with Crippen molar-refractivity contribution in [3.05, 3.63) is 0 Å². The summed E-state index contributed by atoms with van der Waals surface area (Å²) in [6, 6.07) is 0. The van der Waals surface area contributed by atoms with E-state index in [2.05, 4.69) is 6.92 Å². The van der Waals surface area contributed by atoms with Gasteiger partial charge in [-0.25, -0.2) is 8.42 Å². The number of aliphatic hydroxyl groups is 1. The number of aliphatic hydroxyl groups excluding tert-OH is 1. The normalized spacial score (nSPS) is 13.2. The fraction of sp³-hybridized carbons (Fsp3) is 1.00. The smallest absolute Gasteiger partial charge is 0.748 e. The first-order chi connectivity index (χ1) is 6.95. The van der Waals surface area contributed by atoms with Crippen molar-refractivity contribution in [3.8, 4) is 0 Å². The summed E-state index contributed by atoms with van der Waals surface area (Å²) in [5, 5.41) is 9.21. The van der Waals surface area contributed by atoms with Crippen LogP contribution in [-0.2, 0) is 10.1 Å². The van der Waals surface area contributed by atoms with Gasteiger partial charge in [0.25, 0.3) is 0 Å². The van der Waals surface area contributed by atoms with Crippen LogP contribution in [0.4, 0.5) is 0 Å². The van der Waals surface area contributed by atoms with Crippen LogP contribution in [0.2, 0.25) is 0 Å². The Labute approximate surface area is 141 Å². The van der Waals surface area contributed by atoms with Gasteiger partial charge in [0.15, 0.2) is 0 Å². The molecule has 0 amide bonds. The molecule has 0 heterocycles. The molecule has 0 bridgehead atoms. The minimum atomic E-state index is -4.27. The Morgan fingerprint density at radius 1 is 1.12 bits per heavy atom. The van der Waals surface area contributed by atoms with Crippen LogP contribution in [0.5, 0.6) is 0 Å². The van der Waals surface area contributed by atoms with Gasteiger partial charge in [0.2, 0.25) is 0 Å². The molecule has 0 aliphatic rings. The molecule has 6 heteroatoms. The average Bonchev–Trinajstić information content (AvgIpc) is 2.08. The van der Waals surface area contributed by atoms with Gasteiger partial charge >= 0.3 is 51.4 Å². The summed E-state index contributed by atoms with van der Waals surface area (Å²) >= 11 is 0. The summed E-state index contributed by atoms with van der Waals surface area (Å²) < 4.78 is 30.9. The van der Waals surface area contributed by atoms with Crippen LogP contribution < -0.4 is 51.4 Å². The molecular weight excluding hydrogens is 255 g/mol. The number of rotatable bonds is 9. The maximum atomic E-state index is 10.3. The first-order valence-electron chi connectivity index (χ1n) is 5.57. The molecule has 0 aliphatic heterocycles. The standard InChI is InChI=1S/C10H22O4S.K/c1-2-3-4-5-6-7-8-10(11)9-15(12,13)14;/h10-11H,2-9H2,1H3,(H,12,13,14);/q;+1/p-1. The van der Waals surface area contributed by atoms with Gasteiger partial charge < -0.3 is 9.66 Å². The molecule has 1 atom stereocenters. The summed E-state index contributed by atoms with van der Waals surface area (Å²) in [5.74, 6) is -0.651. The first kappa shape index (κ1) is 19.8. The van der Waals surface area contributed by atoms with Crippen LogP contribution >= 0.6 is 0 Å². The second-order valence-corrected chi connectivity index (χ2v) is 5.38. The predicted octanol–water partition coefficient (Wildman–Crippen LogP) is -1.35. The minimum Gasteiger partial charge on any atom is -0.748 e. The minimum absolute atomic E-state index is 0. The summed E-state index contributed by atoms with van der Waals surface area (Å²) in [5.41, 5.74) is 0. The zero-order valence-corrected chi connectivity index (χ0v) is 14.3. The third-order valence-corrected chi connectivity index (χ3v) is 3.08. The topological polar surface area (TPSA) is 77.4 Å². The predicted molar refractivity (Wildman–Crippen MR) is 58.6 cm³/mol. The zero-order chi connectivity index (χ0) is 11.7. The zero-order valence-electron chi connectivity index (χ0n) is 10.3. The van der Waals surface area contributed by atoms with E-state index in [0.29, 0.717) is 6.42 Å². The summed E-state index contributed by atoms with van der Waals surface area (Å²) in [6.45, 7) is 2.14. The Morgan fingerprint density at radius 2 is 1.62 bits per heavy atom. The summed E-state index contributed by atoms with van der Waals surface area (Å²) in [6.07, 6.45) is 5.93. The number of hydrogen-bond donors (Lipinski definition) is 1. The summed E-state index contributed by atoms with van der Waals surface area (Å²) in [4.78, 5) is 0. The second-order valence-electron chi connectivity index (χ2n) is 3.93. The fourth-order valence-electron chi connectivity index (χ4n) is 1.48. The molecule has 0 saturated carbocycles. The van der Waals surface area contributed by atoms with Crippen molar-refractivity contribution in [2.75, 3.05) is 5.75 Å². The first-order valence-corrected chi connectivity index (χ1v) is 7.15. The number of unbranched alkanes of at least 4 members (excludes halogenated alkanes) is 5. The molecule has 0 aromatic rings. The van der Waals surface area contributed by atoms with E-state index in [4.69, 9.17) is 0 Å². The van der Waals surface area contributed by atoms with Crippen molar-refractivity contribution in [2.24, 2.45) is 0 Å².